The SMILES string of the molecule is Cc1ccc(-n2c3ccccc3c3ccc(Oc4ccc5c6ccccc6n(-c6ccccn6)c5c4)cc32)nc1. The van der Waals surface area contributed by atoms with Gasteiger partial charge in [0.25, 0.3) is 0 Å². The van der Waals surface area contributed by atoms with Crippen LogP contribution in [-0.2, 0) is 0 Å². The lowest BCUT2D eigenvalue weighted by atomic mass is 10.1. The summed E-state index contributed by atoms with van der Waals surface area (Å²) < 4.78 is 10.9. The second-order valence-electron chi connectivity index (χ2n) is 10.0. The Morgan fingerprint density at radius 1 is 0.500 bits per heavy atom. The van der Waals surface area contributed by atoms with Gasteiger partial charge in [-0.25, -0.2) is 9.97 Å². The zero-order valence-electron chi connectivity index (χ0n) is 21.8. The predicted octanol–water partition coefficient (Wildman–Crippen LogP) is 8.77. The molecule has 0 fully saturated rings. The van der Waals surface area contributed by atoms with Crippen LogP contribution in [0.2, 0.25) is 0 Å². The number of hydrogen-bond acceptors (Lipinski definition) is 3. The summed E-state index contributed by atoms with van der Waals surface area (Å²) in [5.74, 6) is 3.30. The van der Waals surface area contributed by atoms with Crippen molar-refractivity contribution >= 4 is 43.6 Å². The summed E-state index contributed by atoms with van der Waals surface area (Å²) in [6.45, 7) is 2.05. The molecule has 40 heavy (non-hydrogen) atoms. The Morgan fingerprint density at radius 3 is 1.60 bits per heavy atom. The molecule has 0 spiro atoms. The van der Waals surface area contributed by atoms with Gasteiger partial charge in [0.15, 0.2) is 0 Å². The van der Waals surface area contributed by atoms with E-state index in [0.717, 1.165) is 61.5 Å². The first-order valence-corrected chi connectivity index (χ1v) is 13.3. The largest absolute Gasteiger partial charge is 0.457 e. The molecule has 0 aliphatic heterocycles. The minimum atomic E-state index is 0.767. The van der Waals surface area contributed by atoms with Crippen LogP contribution >= 0.6 is 0 Å². The molecular formula is C35H24N4O. The van der Waals surface area contributed by atoms with Crippen LogP contribution in [0.25, 0.3) is 55.2 Å². The topological polar surface area (TPSA) is 44.9 Å². The standard InChI is InChI=1S/C35H24N4O/c1-23-13-18-35(37-22-23)39-31-11-5-3-9-27(31)29-17-15-25(21-33(29)39)40-24-14-16-28-26-8-2-4-10-30(26)38(32(28)20-24)34-12-6-7-19-36-34/h2-22H,1H3. The Labute approximate surface area is 230 Å². The van der Waals surface area contributed by atoms with E-state index in [0.29, 0.717) is 0 Å². The van der Waals surface area contributed by atoms with Crippen molar-refractivity contribution in [1.82, 2.24) is 19.1 Å². The number of nitrogens with zero attached hydrogens (tertiary/aromatic N) is 4. The summed E-state index contributed by atoms with van der Waals surface area (Å²) in [6, 6.07) is 39.6. The Balaban J connectivity index is 1.28. The van der Waals surface area contributed by atoms with E-state index in [-0.39, 0.29) is 0 Å². The molecule has 8 aromatic rings. The summed E-state index contributed by atoms with van der Waals surface area (Å²) >= 11 is 0. The quantitative estimate of drug-likeness (QED) is 0.235. The lowest BCUT2D eigenvalue weighted by molar-refractivity contribution is 0.484. The van der Waals surface area contributed by atoms with Gasteiger partial charge in [-0.2, -0.15) is 0 Å². The summed E-state index contributed by atoms with van der Waals surface area (Å²) in [6.07, 6.45) is 3.74. The monoisotopic (exact) mass is 516 g/mol. The van der Waals surface area contributed by atoms with Crippen LogP contribution in [0.4, 0.5) is 0 Å². The van der Waals surface area contributed by atoms with E-state index in [4.69, 9.17) is 9.72 Å². The fourth-order valence-electron chi connectivity index (χ4n) is 5.74. The molecule has 4 heterocycles. The van der Waals surface area contributed by atoms with Gasteiger partial charge >= 0.3 is 0 Å². The van der Waals surface area contributed by atoms with Crippen molar-refractivity contribution in [1.29, 1.82) is 0 Å². The molecule has 190 valence electrons. The third-order valence-corrected chi connectivity index (χ3v) is 7.53. The number of pyridine rings is 2. The first kappa shape index (κ1) is 22.6. The molecule has 4 aromatic heterocycles. The molecule has 0 saturated carbocycles. The van der Waals surface area contributed by atoms with Gasteiger partial charge in [0.05, 0.1) is 22.1 Å². The number of benzene rings is 4. The zero-order chi connectivity index (χ0) is 26.6. The first-order valence-electron chi connectivity index (χ1n) is 13.3. The van der Waals surface area contributed by atoms with Crippen molar-refractivity contribution < 1.29 is 4.74 Å². The molecular weight excluding hydrogens is 492 g/mol. The second-order valence-corrected chi connectivity index (χ2v) is 10.0. The number of aryl methyl sites for hydroxylation is 1. The van der Waals surface area contributed by atoms with Crippen LogP contribution in [0.3, 0.4) is 0 Å². The third kappa shape index (κ3) is 3.48. The molecule has 0 amide bonds. The first-order chi connectivity index (χ1) is 19.7. The molecule has 0 saturated heterocycles. The van der Waals surface area contributed by atoms with Crippen LogP contribution in [-0.4, -0.2) is 19.1 Å². The molecule has 8 rings (SSSR count). The predicted molar refractivity (Wildman–Crippen MR) is 162 cm³/mol. The summed E-state index contributed by atoms with van der Waals surface area (Å²) in [7, 11) is 0. The van der Waals surface area contributed by atoms with Gasteiger partial charge in [0.1, 0.15) is 23.1 Å². The Bertz CT molecular complexity index is 2190. The van der Waals surface area contributed by atoms with Crippen LogP contribution in [0.15, 0.2) is 128 Å². The number of ether oxygens (including phenoxy) is 1. The third-order valence-electron chi connectivity index (χ3n) is 7.53. The van der Waals surface area contributed by atoms with E-state index >= 15 is 0 Å². The summed E-state index contributed by atoms with van der Waals surface area (Å²) in [5, 5.41) is 4.70. The van der Waals surface area contributed by atoms with Gasteiger partial charge in [-0.05, 0) is 67.1 Å². The van der Waals surface area contributed by atoms with E-state index in [1.165, 1.54) is 10.8 Å². The molecule has 0 aliphatic carbocycles. The number of aromatic nitrogens is 4. The van der Waals surface area contributed by atoms with Gasteiger partial charge in [0, 0.05) is 46.1 Å². The van der Waals surface area contributed by atoms with Crippen molar-refractivity contribution in [2.75, 3.05) is 0 Å². The second kappa shape index (κ2) is 8.82. The van der Waals surface area contributed by atoms with Crippen molar-refractivity contribution in [3.63, 3.8) is 0 Å². The molecule has 0 aliphatic rings. The fourth-order valence-corrected chi connectivity index (χ4v) is 5.74. The molecule has 4 aromatic carbocycles. The van der Waals surface area contributed by atoms with Crippen molar-refractivity contribution in [3.8, 4) is 23.1 Å². The summed E-state index contributed by atoms with van der Waals surface area (Å²) in [4.78, 5) is 9.39. The van der Waals surface area contributed by atoms with E-state index in [9.17, 15) is 0 Å². The van der Waals surface area contributed by atoms with E-state index in [1.54, 1.807) is 0 Å². The minimum absolute atomic E-state index is 0.767. The molecule has 5 nitrogen and oxygen atoms in total. The lowest BCUT2D eigenvalue weighted by Crippen LogP contribution is -1.97. The van der Waals surface area contributed by atoms with Crippen molar-refractivity contribution in [2.45, 2.75) is 6.92 Å². The van der Waals surface area contributed by atoms with Gasteiger partial charge in [-0.3, -0.25) is 9.13 Å². The maximum atomic E-state index is 6.52. The Kier molecular flexibility index (Phi) is 4.97. The van der Waals surface area contributed by atoms with Crippen molar-refractivity contribution in [3.05, 3.63) is 133 Å². The molecule has 0 atom stereocenters. The zero-order valence-corrected chi connectivity index (χ0v) is 21.8. The van der Waals surface area contributed by atoms with Crippen LogP contribution in [0.1, 0.15) is 5.56 Å². The summed E-state index contributed by atoms with van der Waals surface area (Å²) in [5.41, 5.74) is 5.47. The highest BCUT2D eigenvalue weighted by molar-refractivity contribution is 6.10. The smallest absolute Gasteiger partial charge is 0.137 e. The Hall–Kier alpha value is -5.42. The van der Waals surface area contributed by atoms with E-state index < -0.39 is 0 Å². The maximum Gasteiger partial charge on any atom is 0.137 e. The van der Waals surface area contributed by atoms with Gasteiger partial charge in [0.2, 0.25) is 0 Å². The Morgan fingerprint density at radius 2 is 1.05 bits per heavy atom. The van der Waals surface area contributed by atoms with Crippen LogP contribution in [0.5, 0.6) is 11.5 Å². The molecule has 0 bridgehead atoms. The number of hydrogen-bond donors (Lipinski definition) is 0. The average Bonchev–Trinajstić information content (AvgIpc) is 3.50. The highest BCUT2D eigenvalue weighted by Gasteiger charge is 2.16. The van der Waals surface area contributed by atoms with Crippen LogP contribution < -0.4 is 4.74 Å². The van der Waals surface area contributed by atoms with Gasteiger partial charge < -0.3 is 4.74 Å². The number of para-hydroxylation sites is 2. The minimum Gasteiger partial charge on any atom is -0.457 e. The van der Waals surface area contributed by atoms with Gasteiger partial charge in [-0.15, -0.1) is 0 Å². The van der Waals surface area contributed by atoms with Gasteiger partial charge in [-0.1, -0.05) is 48.5 Å². The molecule has 0 N–H and O–H groups in total. The number of fused-ring (bicyclic) bond motifs is 6. The molecule has 0 unspecified atom stereocenters. The normalized spacial score (nSPS) is 11.6. The molecule has 0 radical (unpaired) electrons. The van der Waals surface area contributed by atoms with Crippen LogP contribution in [0, 0.1) is 6.92 Å². The highest BCUT2D eigenvalue weighted by Crippen LogP contribution is 2.37. The van der Waals surface area contributed by atoms with Crippen molar-refractivity contribution in [2.24, 2.45) is 0 Å². The average molecular weight is 517 g/mol. The molecule has 5 heteroatoms. The van der Waals surface area contributed by atoms with E-state index in [1.807, 2.05) is 42.7 Å². The number of rotatable bonds is 4. The highest BCUT2D eigenvalue weighted by atomic mass is 16.5. The maximum absolute atomic E-state index is 6.52. The fraction of sp³-hybridized carbons (Fsp3) is 0.0286. The lowest BCUT2D eigenvalue weighted by Gasteiger charge is -2.10. The van der Waals surface area contributed by atoms with E-state index in [2.05, 4.69) is 106 Å².